The number of rotatable bonds is 4. The van der Waals surface area contributed by atoms with Crippen LogP contribution in [-0.4, -0.2) is 41.9 Å². The lowest BCUT2D eigenvalue weighted by molar-refractivity contribution is -0.116. The lowest BCUT2D eigenvalue weighted by atomic mass is 10.1. The molecule has 2 saturated heterocycles. The number of nitrogens with one attached hydrogen (secondary N) is 2. The summed E-state index contributed by atoms with van der Waals surface area (Å²) in [5.74, 6) is 0.442. The van der Waals surface area contributed by atoms with Gasteiger partial charge in [0.05, 0.1) is 0 Å². The van der Waals surface area contributed by atoms with E-state index in [2.05, 4.69) is 10.6 Å². The number of benzene rings is 1. The average molecular weight is 343 g/mol. The summed E-state index contributed by atoms with van der Waals surface area (Å²) < 4.78 is 0. The van der Waals surface area contributed by atoms with Crippen LogP contribution in [0.25, 0.3) is 0 Å². The number of anilines is 1. The van der Waals surface area contributed by atoms with Gasteiger partial charge in [0.1, 0.15) is 0 Å². The molecule has 2 unspecified atom stereocenters. The van der Waals surface area contributed by atoms with Gasteiger partial charge in [-0.25, -0.2) is 0 Å². The molecule has 2 aliphatic heterocycles. The molecule has 0 aliphatic carbocycles. The minimum Gasteiger partial charge on any atom is -0.337 e. The lowest BCUT2D eigenvalue weighted by Crippen LogP contribution is -2.39. The number of carbonyl (C=O) groups is 2. The summed E-state index contributed by atoms with van der Waals surface area (Å²) in [6, 6.07) is 6.58. The van der Waals surface area contributed by atoms with Gasteiger partial charge in [-0.3, -0.25) is 9.59 Å². The molecular weight excluding hydrogens is 314 g/mol. The molecule has 2 heterocycles. The smallest absolute Gasteiger partial charge is 0.253 e. The van der Waals surface area contributed by atoms with E-state index in [4.69, 9.17) is 0 Å². The molecule has 2 atom stereocenters. The van der Waals surface area contributed by atoms with Gasteiger partial charge in [-0.2, -0.15) is 0 Å². The molecule has 2 amide bonds. The Kier molecular flexibility index (Phi) is 5.42. The van der Waals surface area contributed by atoms with Crippen molar-refractivity contribution in [2.24, 2.45) is 5.92 Å². The molecule has 5 heteroatoms. The third-order valence-corrected chi connectivity index (χ3v) is 5.15. The fourth-order valence-corrected chi connectivity index (χ4v) is 3.82. The number of nitrogens with zero attached hydrogens (tertiary/aromatic N) is 1. The van der Waals surface area contributed by atoms with Crippen molar-refractivity contribution in [2.45, 2.75) is 58.5 Å². The highest BCUT2D eigenvalue weighted by atomic mass is 16.2. The van der Waals surface area contributed by atoms with Gasteiger partial charge in [-0.1, -0.05) is 13.8 Å². The van der Waals surface area contributed by atoms with Gasteiger partial charge in [-0.15, -0.1) is 0 Å². The minimum atomic E-state index is 0.0202. The van der Waals surface area contributed by atoms with Crippen LogP contribution < -0.4 is 10.6 Å². The summed E-state index contributed by atoms with van der Waals surface area (Å²) in [6.45, 7) is 7.60. The number of fused-ring (bicyclic) bond motifs is 2. The number of aryl methyl sites for hydroxylation is 1. The first-order valence-corrected chi connectivity index (χ1v) is 9.38. The van der Waals surface area contributed by atoms with Crippen molar-refractivity contribution in [1.82, 2.24) is 10.2 Å². The van der Waals surface area contributed by atoms with Crippen molar-refractivity contribution in [3.8, 4) is 0 Å². The Morgan fingerprint density at radius 3 is 2.72 bits per heavy atom. The molecule has 2 N–H and O–H groups in total. The highest BCUT2D eigenvalue weighted by Crippen LogP contribution is 2.23. The van der Waals surface area contributed by atoms with Crippen molar-refractivity contribution < 1.29 is 9.59 Å². The summed E-state index contributed by atoms with van der Waals surface area (Å²) in [7, 11) is 0. The largest absolute Gasteiger partial charge is 0.337 e. The number of hydrogen-bond donors (Lipinski definition) is 2. The quantitative estimate of drug-likeness (QED) is 0.883. The maximum absolute atomic E-state index is 12.9. The molecule has 25 heavy (non-hydrogen) atoms. The van der Waals surface area contributed by atoms with Crippen LogP contribution in [0, 0.1) is 12.8 Å². The second kappa shape index (κ2) is 7.56. The maximum atomic E-state index is 12.9. The van der Waals surface area contributed by atoms with E-state index in [0.29, 0.717) is 30.0 Å². The fraction of sp³-hybridized carbons (Fsp3) is 0.600. The van der Waals surface area contributed by atoms with E-state index in [1.807, 2.05) is 43.9 Å². The molecule has 0 saturated carbocycles. The summed E-state index contributed by atoms with van der Waals surface area (Å²) in [5, 5.41) is 6.55. The van der Waals surface area contributed by atoms with Crippen LogP contribution in [0.15, 0.2) is 18.2 Å². The predicted octanol–water partition coefficient (Wildman–Crippen LogP) is 2.95. The Bertz CT molecular complexity index is 656. The second-order valence-electron chi connectivity index (χ2n) is 7.85. The summed E-state index contributed by atoms with van der Waals surface area (Å²) >= 11 is 0. The van der Waals surface area contributed by atoms with E-state index in [9.17, 15) is 9.59 Å². The molecule has 5 nitrogen and oxygen atoms in total. The van der Waals surface area contributed by atoms with Crippen LogP contribution in [0.1, 0.15) is 55.5 Å². The SMILES string of the molecule is Cc1cc(C(=O)N2CCC3CCC(C2)N3)ccc1NC(=O)CC(C)C. The molecule has 0 spiro atoms. The first kappa shape index (κ1) is 17.9. The van der Waals surface area contributed by atoms with Crippen LogP contribution >= 0.6 is 0 Å². The molecule has 2 fully saturated rings. The van der Waals surface area contributed by atoms with Crippen molar-refractivity contribution in [3.05, 3.63) is 29.3 Å². The Hall–Kier alpha value is -1.88. The molecule has 2 aliphatic rings. The molecule has 1 aromatic rings. The van der Waals surface area contributed by atoms with Gasteiger partial charge in [0, 0.05) is 42.8 Å². The third-order valence-electron chi connectivity index (χ3n) is 5.15. The van der Waals surface area contributed by atoms with E-state index in [-0.39, 0.29) is 11.8 Å². The van der Waals surface area contributed by atoms with E-state index in [1.54, 1.807) is 0 Å². The van der Waals surface area contributed by atoms with Crippen LogP contribution in [0.5, 0.6) is 0 Å². The van der Waals surface area contributed by atoms with Crippen LogP contribution in [0.2, 0.25) is 0 Å². The third kappa shape index (κ3) is 4.40. The van der Waals surface area contributed by atoms with Gasteiger partial charge < -0.3 is 15.5 Å². The predicted molar refractivity (Wildman–Crippen MR) is 99.7 cm³/mol. The van der Waals surface area contributed by atoms with Gasteiger partial charge in [0.2, 0.25) is 5.91 Å². The number of hydrogen-bond acceptors (Lipinski definition) is 3. The van der Waals surface area contributed by atoms with Gasteiger partial charge in [0.15, 0.2) is 0 Å². The van der Waals surface area contributed by atoms with Gasteiger partial charge >= 0.3 is 0 Å². The molecule has 2 bridgehead atoms. The average Bonchev–Trinajstić information content (AvgIpc) is 2.87. The standard InChI is InChI=1S/C20H29N3O2/c1-13(2)10-19(24)22-18-7-4-15(11-14(18)3)20(25)23-9-8-16-5-6-17(12-23)21-16/h4,7,11,13,16-17,21H,5-6,8-10,12H2,1-3H3,(H,22,24). The second-order valence-corrected chi connectivity index (χ2v) is 7.85. The molecule has 3 rings (SSSR count). The van der Waals surface area contributed by atoms with Gasteiger partial charge in [-0.05, 0) is 55.9 Å². The first-order chi connectivity index (χ1) is 11.9. The molecule has 0 aromatic heterocycles. The Morgan fingerprint density at radius 1 is 1.24 bits per heavy atom. The van der Waals surface area contributed by atoms with Crippen molar-refractivity contribution in [2.75, 3.05) is 18.4 Å². The highest BCUT2D eigenvalue weighted by Gasteiger charge is 2.31. The van der Waals surface area contributed by atoms with Crippen LogP contribution in [-0.2, 0) is 4.79 Å². The number of amides is 2. The molecule has 0 radical (unpaired) electrons. The molecule has 1 aromatic carbocycles. The normalized spacial score (nSPS) is 22.8. The summed E-state index contributed by atoms with van der Waals surface area (Å²) in [6.07, 6.45) is 3.93. The Labute approximate surface area is 150 Å². The molecule has 136 valence electrons. The fourth-order valence-electron chi connectivity index (χ4n) is 3.82. The first-order valence-electron chi connectivity index (χ1n) is 9.38. The van der Waals surface area contributed by atoms with Crippen molar-refractivity contribution >= 4 is 17.5 Å². The maximum Gasteiger partial charge on any atom is 0.253 e. The lowest BCUT2D eigenvalue weighted by Gasteiger charge is -2.24. The molecular formula is C20H29N3O2. The zero-order chi connectivity index (χ0) is 18.0. The van der Waals surface area contributed by atoms with E-state index >= 15 is 0 Å². The van der Waals surface area contributed by atoms with Crippen molar-refractivity contribution in [1.29, 1.82) is 0 Å². The van der Waals surface area contributed by atoms with Crippen LogP contribution in [0.3, 0.4) is 0 Å². The van der Waals surface area contributed by atoms with E-state index < -0.39 is 0 Å². The van der Waals surface area contributed by atoms with Crippen molar-refractivity contribution in [3.63, 3.8) is 0 Å². The van der Waals surface area contributed by atoms with Crippen LogP contribution in [0.4, 0.5) is 5.69 Å². The van der Waals surface area contributed by atoms with E-state index in [0.717, 1.165) is 37.2 Å². The topological polar surface area (TPSA) is 61.4 Å². The summed E-state index contributed by atoms with van der Waals surface area (Å²) in [4.78, 5) is 26.8. The highest BCUT2D eigenvalue weighted by molar-refractivity contribution is 5.96. The Balaban J connectivity index is 1.67. The zero-order valence-corrected chi connectivity index (χ0v) is 15.5. The monoisotopic (exact) mass is 343 g/mol. The van der Waals surface area contributed by atoms with E-state index in [1.165, 1.54) is 6.42 Å². The van der Waals surface area contributed by atoms with Gasteiger partial charge in [0.25, 0.3) is 5.91 Å². The number of carbonyl (C=O) groups excluding carboxylic acids is 2. The number of likely N-dealkylation sites (tertiary alicyclic amines) is 1. The minimum absolute atomic E-state index is 0.0202. The zero-order valence-electron chi connectivity index (χ0n) is 15.5. The Morgan fingerprint density at radius 2 is 2.00 bits per heavy atom. The summed E-state index contributed by atoms with van der Waals surface area (Å²) in [5.41, 5.74) is 2.42.